The molecule has 10 heteroatoms. The quantitative estimate of drug-likeness (QED) is 0.246. The molecule has 3 aromatic rings. The van der Waals surface area contributed by atoms with E-state index in [-0.39, 0.29) is 17.2 Å². The standard InChI is InChI=1S/C27H21Cl3N2O5/c1-2-11-36-19-7-5-18(6-8-19)32-26(34)20(25(33)31-27(32)35)12-16-4-10-24(23(30)13-16)37-15-17-3-9-21(28)22(29)14-17/h3-10,12-14H,2,11,15H2,1H3,(H,31,33,35)/b20-12-. The minimum absolute atomic E-state index is 0.206. The summed E-state index contributed by atoms with van der Waals surface area (Å²) in [5.74, 6) is -0.549. The van der Waals surface area contributed by atoms with Crippen LogP contribution in [-0.4, -0.2) is 24.5 Å². The zero-order valence-corrected chi connectivity index (χ0v) is 21.9. The summed E-state index contributed by atoms with van der Waals surface area (Å²) >= 11 is 18.4. The van der Waals surface area contributed by atoms with Crippen molar-refractivity contribution in [2.75, 3.05) is 11.5 Å². The fourth-order valence-electron chi connectivity index (χ4n) is 3.48. The van der Waals surface area contributed by atoms with Gasteiger partial charge in [-0.15, -0.1) is 0 Å². The van der Waals surface area contributed by atoms with E-state index in [4.69, 9.17) is 44.3 Å². The minimum atomic E-state index is -0.835. The van der Waals surface area contributed by atoms with Crippen LogP contribution in [0.3, 0.4) is 0 Å². The highest BCUT2D eigenvalue weighted by Crippen LogP contribution is 2.30. The minimum Gasteiger partial charge on any atom is -0.494 e. The van der Waals surface area contributed by atoms with Crippen molar-refractivity contribution in [1.29, 1.82) is 0 Å². The topological polar surface area (TPSA) is 84.9 Å². The molecule has 0 aliphatic carbocycles. The average molecular weight is 560 g/mol. The van der Waals surface area contributed by atoms with Crippen LogP contribution in [0.1, 0.15) is 24.5 Å². The van der Waals surface area contributed by atoms with Crippen LogP contribution in [0.2, 0.25) is 15.1 Å². The lowest BCUT2D eigenvalue weighted by Gasteiger charge is -2.26. The molecule has 0 aromatic heterocycles. The van der Waals surface area contributed by atoms with Crippen LogP contribution in [-0.2, 0) is 16.2 Å². The number of barbiturate groups is 1. The number of carbonyl (C=O) groups excluding carboxylic acids is 3. The number of nitrogens with one attached hydrogen (secondary N) is 1. The first kappa shape index (κ1) is 26.5. The molecule has 1 fully saturated rings. The molecule has 0 unspecified atom stereocenters. The lowest BCUT2D eigenvalue weighted by molar-refractivity contribution is -0.122. The Bertz CT molecular complexity index is 1390. The number of urea groups is 1. The number of halogens is 3. The highest BCUT2D eigenvalue weighted by Gasteiger charge is 2.36. The van der Waals surface area contributed by atoms with Crippen LogP contribution >= 0.6 is 34.8 Å². The molecule has 0 spiro atoms. The molecular formula is C27H21Cl3N2O5. The van der Waals surface area contributed by atoms with Crippen molar-refractivity contribution in [3.8, 4) is 11.5 Å². The van der Waals surface area contributed by atoms with Gasteiger partial charge in [-0.3, -0.25) is 14.9 Å². The number of imide groups is 2. The van der Waals surface area contributed by atoms with Crippen LogP contribution < -0.4 is 19.7 Å². The Hall–Kier alpha value is -3.52. The van der Waals surface area contributed by atoms with E-state index in [1.807, 2.05) is 6.92 Å². The number of amides is 4. The summed E-state index contributed by atoms with van der Waals surface area (Å²) in [5, 5.41) is 3.33. The third-order valence-electron chi connectivity index (χ3n) is 5.31. The van der Waals surface area contributed by atoms with E-state index in [9.17, 15) is 14.4 Å². The zero-order valence-electron chi connectivity index (χ0n) is 19.6. The van der Waals surface area contributed by atoms with Gasteiger partial charge in [0.2, 0.25) is 0 Å². The van der Waals surface area contributed by atoms with Gasteiger partial charge in [-0.2, -0.15) is 0 Å². The van der Waals surface area contributed by atoms with Crippen molar-refractivity contribution in [1.82, 2.24) is 5.32 Å². The number of carbonyl (C=O) groups is 3. The Kier molecular flexibility index (Phi) is 8.38. The van der Waals surface area contributed by atoms with Crippen molar-refractivity contribution in [2.24, 2.45) is 0 Å². The van der Waals surface area contributed by atoms with Gasteiger partial charge in [0.25, 0.3) is 11.8 Å². The van der Waals surface area contributed by atoms with Gasteiger partial charge in [0, 0.05) is 0 Å². The Labute approximate surface area is 228 Å². The summed E-state index contributed by atoms with van der Waals surface area (Å²) in [4.78, 5) is 39.0. The summed E-state index contributed by atoms with van der Waals surface area (Å²) < 4.78 is 11.3. The Balaban J connectivity index is 1.52. The predicted octanol–water partition coefficient (Wildman–Crippen LogP) is 6.68. The summed E-state index contributed by atoms with van der Waals surface area (Å²) in [6.07, 6.45) is 2.21. The second-order valence-electron chi connectivity index (χ2n) is 8.03. The largest absolute Gasteiger partial charge is 0.494 e. The van der Waals surface area contributed by atoms with Crippen LogP contribution in [0, 0.1) is 0 Å². The molecule has 1 saturated heterocycles. The van der Waals surface area contributed by atoms with E-state index < -0.39 is 17.8 Å². The van der Waals surface area contributed by atoms with E-state index in [1.165, 1.54) is 6.08 Å². The highest BCUT2D eigenvalue weighted by atomic mass is 35.5. The number of ether oxygens (including phenoxy) is 2. The average Bonchev–Trinajstić information content (AvgIpc) is 2.87. The lowest BCUT2D eigenvalue weighted by Crippen LogP contribution is -2.54. The summed E-state index contributed by atoms with van der Waals surface area (Å²) in [6.45, 7) is 2.74. The predicted molar refractivity (Wildman–Crippen MR) is 143 cm³/mol. The molecule has 1 aliphatic rings. The normalized spacial score (nSPS) is 14.6. The third-order valence-corrected chi connectivity index (χ3v) is 6.35. The van der Waals surface area contributed by atoms with Gasteiger partial charge >= 0.3 is 6.03 Å². The first-order valence-electron chi connectivity index (χ1n) is 11.3. The number of hydrogen-bond donors (Lipinski definition) is 1. The van der Waals surface area contributed by atoms with Gasteiger partial charge in [0.15, 0.2) is 0 Å². The van der Waals surface area contributed by atoms with Crippen molar-refractivity contribution in [3.05, 3.63) is 92.4 Å². The molecule has 37 heavy (non-hydrogen) atoms. The fraction of sp³-hybridized carbons (Fsp3) is 0.148. The molecular weight excluding hydrogens is 539 g/mol. The SMILES string of the molecule is CCCOc1ccc(N2C(=O)NC(=O)/C(=C/c3ccc(OCc4ccc(Cl)c(Cl)c4)c(Cl)c3)C2=O)cc1. The van der Waals surface area contributed by atoms with Gasteiger partial charge in [0.1, 0.15) is 23.7 Å². The maximum atomic E-state index is 13.1. The van der Waals surface area contributed by atoms with Crippen LogP contribution in [0.25, 0.3) is 6.08 Å². The molecule has 0 saturated carbocycles. The van der Waals surface area contributed by atoms with E-state index in [2.05, 4.69) is 5.32 Å². The molecule has 7 nitrogen and oxygen atoms in total. The van der Waals surface area contributed by atoms with Crippen molar-refractivity contribution >= 4 is 64.4 Å². The van der Waals surface area contributed by atoms with E-state index in [0.717, 1.165) is 16.9 Å². The Morgan fingerprint density at radius 2 is 1.62 bits per heavy atom. The van der Waals surface area contributed by atoms with E-state index in [0.29, 0.717) is 39.4 Å². The zero-order chi connectivity index (χ0) is 26.5. The summed E-state index contributed by atoms with van der Waals surface area (Å²) in [5.41, 5.74) is 1.36. The van der Waals surface area contributed by atoms with Gasteiger partial charge in [0.05, 0.1) is 27.4 Å². The summed E-state index contributed by atoms with van der Waals surface area (Å²) in [7, 11) is 0. The molecule has 1 N–H and O–H groups in total. The summed E-state index contributed by atoms with van der Waals surface area (Å²) in [6, 6.07) is 15.6. The molecule has 190 valence electrons. The second-order valence-corrected chi connectivity index (χ2v) is 9.25. The number of rotatable bonds is 8. The molecule has 0 atom stereocenters. The molecule has 0 bridgehead atoms. The maximum Gasteiger partial charge on any atom is 0.335 e. The molecule has 3 aromatic carbocycles. The molecule has 0 radical (unpaired) electrons. The van der Waals surface area contributed by atoms with Gasteiger partial charge in [-0.05, 0) is 72.2 Å². The number of nitrogens with zero attached hydrogens (tertiary/aromatic N) is 1. The lowest BCUT2D eigenvalue weighted by atomic mass is 10.1. The van der Waals surface area contributed by atoms with E-state index in [1.54, 1.807) is 60.7 Å². The van der Waals surface area contributed by atoms with Crippen molar-refractivity contribution < 1.29 is 23.9 Å². The molecule has 1 aliphatic heterocycles. The van der Waals surface area contributed by atoms with Crippen molar-refractivity contribution in [2.45, 2.75) is 20.0 Å². The second kappa shape index (κ2) is 11.7. The van der Waals surface area contributed by atoms with Crippen LogP contribution in [0.15, 0.2) is 66.2 Å². The van der Waals surface area contributed by atoms with Gasteiger partial charge < -0.3 is 9.47 Å². The van der Waals surface area contributed by atoms with Gasteiger partial charge in [-0.1, -0.05) is 53.9 Å². The Morgan fingerprint density at radius 3 is 2.30 bits per heavy atom. The molecule has 1 heterocycles. The first-order chi connectivity index (χ1) is 17.8. The van der Waals surface area contributed by atoms with Crippen molar-refractivity contribution in [3.63, 3.8) is 0 Å². The van der Waals surface area contributed by atoms with Crippen LogP contribution in [0.5, 0.6) is 11.5 Å². The number of hydrogen-bond acceptors (Lipinski definition) is 5. The van der Waals surface area contributed by atoms with Crippen LogP contribution in [0.4, 0.5) is 10.5 Å². The third kappa shape index (κ3) is 6.25. The first-order valence-corrected chi connectivity index (χ1v) is 12.4. The smallest absolute Gasteiger partial charge is 0.335 e. The Morgan fingerprint density at radius 1 is 0.865 bits per heavy atom. The monoisotopic (exact) mass is 558 g/mol. The molecule has 4 amide bonds. The maximum absolute atomic E-state index is 13.1. The fourth-order valence-corrected chi connectivity index (χ4v) is 4.05. The number of benzene rings is 3. The molecule has 4 rings (SSSR count). The van der Waals surface area contributed by atoms with Gasteiger partial charge in [-0.25, -0.2) is 9.69 Å². The highest BCUT2D eigenvalue weighted by molar-refractivity contribution is 6.42. The number of anilines is 1. The van der Waals surface area contributed by atoms with E-state index >= 15 is 0 Å².